The van der Waals surface area contributed by atoms with Crippen LogP contribution in [0.1, 0.15) is 11.3 Å². The molecule has 0 bridgehead atoms. The van der Waals surface area contributed by atoms with Crippen LogP contribution in [0.25, 0.3) is 0 Å². The van der Waals surface area contributed by atoms with Crippen LogP contribution in [0, 0.1) is 6.92 Å². The summed E-state index contributed by atoms with van der Waals surface area (Å²) in [5.74, 6) is 2.76. The van der Waals surface area contributed by atoms with E-state index in [1.165, 1.54) is 0 Å². The van der Waals surface area contributed by atoms with E-state index >= 15 is 0 Å². The van der Waals surface area contributed by atoms with E-state index in [1.54, 1.807) is 26.6 Å². The molecule has 1 aromatic carbocycles. The first-order chi connectivity index (χ1) is 11.7. The molecule has 6 heteroatoms. The van der Waals surface area contributed by atoms with E-state index in [1.807, 2.05) is 19.1 Å². The Morgan fingerprint density at radius 1 is 1.00 bits per heavy atom. The Morgan fingerprint density at radius 2 is 1.75 bits per heavy atom. The highest BCUT2D eigenvalue weighted by Gasteiger charge is 2.20. The van der Waals surface area contributed by atoms with E-state index in [0.717, 1.165) is 61.3 Å². The van der Waals surface area contributed by atoms with Gasteiger partial charge >= 0.3 is 0 Å². The normalized spacial score (nSPS) is 15.4. The number of hydrogen-bond acceptors (Lipinski definition) is 6. The van der Waals surface area contributed by atoms with Crippen molar-refractivity contribution < 1.29 is 9.47 Å². The van der Waals surface area contributed by atoms with Gasteiger partial charge in [-0.25, -0.2) is 4.98 Å². The van der Waals surface area contributed by atoms with Crippen molar-refractivity contribution in [2.45, 2.75) is 13.5 Å². The Morgan fingerprint density at radius 3 is 2.42 bits per heavy atom. The van der Waals surface area contributed by atoms with Crippen LogP contribution in [0.4, 0.5) is 5.82 Å². The maximum atomic E-state index is 5.48. The zero-order valence-electron chi connectivity index (χ0n) is 14.5. The number of nitrogens with zero attached hydrogens (tertiary/aromatic N) is 4. The number of aryl methyl sites for hydroxylation is 1. The number of ether oxygens (including phenoxy) is 2. The average molecular weight is 328 g/mol. The van der Waals surface area contributed by atoms with Crippen molar-refractivity contribution >= 4 is 5.82 Å². The number of aromatic nitrogens is 2. The number of benzene rings is 1. The van der Waals surface area contributed by atoms with Gasteiger partial charge in [0.15, 0.2) is 0 Å². The first-order valence-electron chi connectivity index (χ1n) is 8.17. The van der Waals surface area contributed by atoms with Crippen molar-refractivity contribution in [3.8, 4) is 11.5 Å². The van der Waals surface area contributed by atoms with E-state index < -0.39 is 0 Å². The number of methoxy groups -OCH3 is 2. The van der Waals surface area contributed by atoms with Gasteiger partial charge in [0.2, 0.25) is 0 Å². The Kier molecular flexibility index (Phi) is 5.15. The van der Waals surface area contributed by atoms with Crippen LogP contribution in [0.5, 0.6) is 11.5 Å². The predicted molar refractivity (Wildman–Crippen MR) is 93.8 cm³/mol. The van der Waals surface area contributed by atoms with Crippen LogP contribution in [0.3, 0.4) is 0 Å². The summed E-state index contributed by atoms with van der Waals surface area (Å²) >= 11 is 0. The molecule has 3 rings (SSSR count). The molecule has 0 aliphatic carbocycles. The lowest BCUT2D eigenvalue weighted by Crippen LogP contribution is -2.46. The fourth-order valence-electron chi connectivity index (χ4n) is 3.07. The molecule has 1 aromatic heterocycles. The zero-order chi connectivity index (χ0) is 16.9. The second kappa shape index (κ2) is 7.49. The first-order valence-corrected chi connectivity index (χ1v) is 8.17. The maximum absolute atomic E-state index is 5.48. The Bertz CT molecular complexity index is 684. The fourth-order valence-corrected chi connectivity index (χ4v) is 3.07. The van der Waals surface area contributed by atoms with Gasteiger partial charge in [-0.05, 0) is 25.1 Å². The minimum absolute atomic E-state index is 0.855. The summed E-state index contributed by atoms with van der Waals surface area (Å²) < 4.78 is 10.8. The maximum Gasteiger partial charge on any atom is 0.150 e. The first kappa shape index (κ1) is 16.5. The molecule has 0 spiro atoms. The van der Waals surface area contributed by atoms with E-state index in [4.69, 9.17) is 9.47 Å². The van der Waals surface area contributed by atoms with Gasteiger partial charge in [-0.2, -0.15) is 0 Å². The summed E-state index contributed by atoms with van der Waals surface area (Å²) in [6, 6.07) is 5.95. The van der Waals surface area contributed by atoms with Crippen molar-refractivity contribution in [3.63, 3.8) is 0 Å². The monoisotopic (exact) mass is 328 g/mol. The summed E-state index contributed by atoms with van der Waals surface area (Å²) in [6.07, 6.45) is 3.50. The third-order valence-corrected chi connectivity index (χ3v) is 4.41. The highest BCUT2D eigenvalue weighted by molar-refractivity contribution is 5.43. The van der Waals surface area contributed by atoms with Crippen LogP contribution >= 0.6 is 0 Å². The molecule has 2 aromatic rings. The predicted octanol–water partition coefficient (Wildman–Crippen LogP) is 2.12. The highest BCUT2D eigenvalue weighted by Crippen LogP contribution is 2.26. The standard InChI is InChI=1S/C18H24N4O2/c1-14-18(20-7-6-19-14)22-10-8-21(9-11-22)13-15-12-16(23-2)4-5-17(15)24-3/h4-7,12H,8-11,13H2,1-3H3. The molecule has 0 N–H and O–H groups in total. The third kappa shape index (κ3) is 3.59. The van der Waals surface area contributed by atoms with Gasteiger partial charge in [-0.15, -0.1) is 0 Å². The SMILES string of the molecule is COc1ccc(OC)c(CN2CCN(c3nccnc3C)CC2)c1. The molecule has 0 unspecified atom stereocenters. The number of anilines is 1. The van der Waals surface area contributed by atoms with Crippen molar-refractivity contribution in [1.29, 1.82) is 0 Å². The van der Waals surface area contributed by atoms with Crippen LogP contribution in [0.2, 0.25) is 0 Å². The van der Waals surface area contributed by atoms with E-state index in [-0.39, 0.29) is 0 Å². The molecule has 1 fully saturated rings. The minimum Gasteiger partial charge on any atom is -0.497 e. The topological polar surface area (TPSA) is 50.7 Å². The molecule has 0 amide bonds. The summed E-state index contributed by atoms with van der Waals surface area (Å²) in [6.45, 7) is 6.73. The second-order valence-electron chi connectivity index (χ2n) is 5.91. The number of rotatable bonds is 5. The fraction of sp³-hybridized carbons (Fsp3) is 0.444. The molecule has 2 heterocycles. The van der Waals surface area contributed by atoms with Crippen molar-refractivity contribution in [2.75, 3.05) is 45.3 Å². The second-order valence-corrected chi connectivity index (χ2v) is 5.91. The van der Waals surface area contributed by atoms with Gasteiger partial charge in [0, 0.05) is 50.7 Å². The lowest BCUT2D eigenvalue weighted by Gasteiger charge is -2.36. The molecule has 1 aliphatic heterocycles. The lowest BCUT2D eigenvalue weighted by molar-refractivity contribution is 0.245. The largest absolute Gasteiger partial charge is 0.497 e. The smallest absolute Gasteiger partial charge is 0.150 e. The molecule has 1 aliphatic rings. The molecule has 128 valence electrons. The molecular formula is C18H24N4O2. The molecule has 0 saturated carbocycles. The number of hydrogen-bond donors (Lipinski definition) is 0. The van der Waals surface area contributed by atoms with Gasteiger partial charge in [-0.3, -0.25) is 9.88 Å². The van der Waals surface area contributed by atoms with Crippen molar-refractivity contribution in [1.82, 2.24) is 14.9 Å². The Hall–Kier alpha value is -2.34. The van der Waals surface area contributed by atoms with Crippen LogP contribution in [-0.4, -0.2) is 55.3 Å². The van der Waals surface area contributed by atoms with Crippen LogP contribution in [0.15, 0.2) is 30.6 Å². The summed E-state index contributed by atoms with van der Waals surface area (Å²) in [5, 5.41) is 0. The Balaban J connectivity index is 1.64. The third-order valence-electron chi connectivity index (χ3n) is 4.41. The van der Waals surface area contributed by atoms with E-state index in [2.05, 4.69) is 25.8 Å². The Labute approximate surface area is 143 Å². The van der Waals surface area contributed by atoms with Gasteiger partial charge < -0.3 is 14.4 Å². The number of piperazine rings is 1. The lowest BCUT2D eigenvalue weighted by atomic mass is 10.1. The minimum atomic E-state index is 0.855. The summed E-state index contributed by atoms with van der Waals surface area (Å²) in [7, 11) is 3.40. The van der Waals surface area contributed by atoms with Gasteiger partial charge in [0.1, 0.15) is 17.3 Å². The van der Waals surface area contributed by atoms with Crippen molar-refractivity contribution in [3.05, 3.63) is 41.9 Å². The van der Waals surface area contributed by atoms with Gasteiger partial charge in [-0.1, -0.05) is 0 Å². The van der Waals surface area contributed by atoms with E-state index in [9.17, 15) is 0 Å². The van der Waals surface area contributed by atoms with Gasteiger partial charge in [0.05, 0.1) is 19.9 Å². The van der Waals surface area contributed by atoms with Crippen LogP contribution in [-0.2, 0) is 6.54 Å². The zero-order valence-corrected chi connectivity index (χ0v) is 14.5. The van der Waals surface area contributed by atoms with Crippen molar-refractivity contribution in [2.24, 2.45) is 0 Å². The highest BCUT2D eigenvalue weighted by atomic mass is 16.5. The molecule has 0 atom stereocenters. The average Bonchev–Trinajstić information content (AvgIpc) is 2.63. The molecule has 1 saturated heterocycles. The summed E-state index contributed by atoms with van der Waals surface area (Å²) in [5.41, 5.74) is 2.14. The van der Waals surface area contributed by atoms with E-state index in [0.29, 0.717) is 0 Å². The molecule has 6 nitrogen and oxygen atoms in total. The quantitative estimate of drug-likeness (QED) is 0.838. The van der Waals surface area contributed by atoms with Crippen LogP contribution < -0.4 is 14.4 Å². The molecule has 0 radical (unpaired) electrons. The summed E-state index contributed by atoms with van der Waals surface area (Å²) in [4.78, 5) is 13.5. The molecule has 24 heavy (non-hydrogen) atoms. The molecular weight excluding hydrogens is 304 g/mol. The van der Waals surface area contributed by atoms with Gasteiger partial charge in [0.25, 0.3) is 0 Å².